The van der Waals surface area contributed by atoms with E-state index in [-0.39, 0.29) is 23.7 Å². The second-order valence-corrected chi connectivity index (χ2v) is 6.21. The van der Waals surface area contributed by atoms with Crippen LogP contribution in [0, 0.1) is 11.7 Å². The van der Waals surface area contributed by atoms with Crippen molar-refractivity contribution in [3.05, 3.63) is 35.6 Å². The van der Waals surface area contributed by atoms with Crippen LogP contribution < -0.4 is 0 Å². The molecule has 0 aliphatic carbocycles. The zero-order valence-electron chi connectivity index (χ0n) is 13.3. The lowest BCUT2D eigenvalue weighted by Gasteiger charge is -2.36. The van der Waals surface area contributed by atoms with Crippen molar-refractivity contribution in [2.24, 2.45) is 5.92 Å². The van der Waals surface area contributed by atoms with Gasteiger partial charge in [-0.15, -0.1) is 0 Å². The molecular weight excluding hydrogens is 283 g/mol. The quantitative estimate of drug-likeness (QED) is 0.897. The van der Waals surface area contributed by atoms with Crippen molar-refractivity contribution in [2.75, 3.05) is 32.7 Å². The number of carbonyl (C=O) groups excluding carboxylic acids is 1. The molecule has 122 valence electrons. The predicted octanol–water partition coefficient (Wildman–Crippen LogP) is 1.53. The molecular formula is C17H25FN2O2. The van der Waals surface area contributed by atoms with Crippen molar-refractivity contribution < 1.29 is 14.3 Å². The van der Waals surface area contributed by atoms with Gasteiger partial charge in [0.15, 0.2) is 0 Å². The normalized spacial score (nSPS) is 19.0. The Labute approximate surface area is 131 Å². The lowest BCUT2D eigenvalue weighted by Crippen LogP contribution is -2.51. The number of β-amino-alcohol motifs (C(OH)–C–C–N with tert-alkyl or cyclic N) is 1. The van der Waals surface area contributed by atoms with Gasteiger partial charge in [-0.3, -0.25) is 9.69 Å². The van der Waals surface area contributed by atoms with E-state index in [1.165, 1.54) is 12.1 Å². The minimum Gasteiger partial charge on any atom is -0.392 e. The predicted molar refractivity (Wildman–Crippen MR) is 84.0 cm³/mol. The Morgan fingerprint density at radius 1 is 1.18 bits per heavy atom. The molecule has 1 aromatic carbocycles. The Morgan fingerprint density at radius 3 is 2.32 bits per heavy atom. The Bertz CT molecular complexity index is 482. The van der Waals surface area contributed by atoms with Crippen LogP contribution in [0.4, 0.5) is 4.39 Å². The standard InChI is InChI=1S/C17H25FN2O2/c1-13(11-15-3-5-16(18)6-4-15)17(22)20-9-7-19(8-10-20)12-14(2)21/h3-6,13-14,21H,7-12H2,1-2H3/t13-,14-/m0/s1. The summed E-state index contributed by atoms with van der Waals surface area (Å²) in [5, 5.41) is 9.40. The van der Waals surface area contributed by atoms with Crippen LogP contribution in [0.5, 0.6) is 0 Å². The van der Waals surface area contributed by atoms with E-state index in [1.54, 1.807) is 19.1 Å². The van der Waals surface area contributed by atoms with Gasteiger partial charge in [-0.05, 0) is 31.0 Å². The summed E-state index contributed by atoms with van der Waals surface area (Å²) < 4.78 is 12.9. The van der Waals surface area contributed by atoms with Gasteiger partial charge in [0, 0.05) is 38.6 Å². The summed E-state index contributed by atoms with van der Waals surface area (Å²) in [7, 11) is 0. The maximum atomic E-state index is 12.9. The number of aliphatic hydroxyl groups excluding tert-OH is 1. The molecule has 4 nitrogen and oxygen atoms in total. The van der Waals surface area contributed by atoms with E-state index in [9.17, 15) is 14.3 Å². The molecule has 0 radical (unpaired) electrons. The average Bonchev–Trinajstić information content (AvgIpc) is 2.49. The molecule has 2 rings (SSSR count). The van der Waals surface area contributed by atoms with Crippen LogP contribution in [0.1, 0.15) is 19.4 Å². The van der Waals surface area contributed by atoms with Gasteiger partial charge in [0.2, 0.25) is 5.91 Å². The third-order valence-electron chi connectivity index (χ3n) is 4.08. The van der Waals surface area contributed by atoms with E-state index in [2.05, 4.69) is 4.90 Å². The van der Waals surface area contributed by atoms with E-state index < -0.39 is 0 Å². The zero-order valence-corrected chi connectivity index (χ0v) is 13.3. The molecule has 22 heavy (non-hydrogen) atoms. The molecule has 1 aliphatic rings. The fourth-order valence-corrected chi connectivity index (χ4v) is 2.90. The van der Waals surface area contributed by atoms with Crippen LogP contribution >= 0.6 is 0 Å². The van der Waals surface area contributed by atoms with Crippen molar-refractivity contribution in [2.45, 2.75) is 26.4 Å². The first-order valence-electron chi connectivity index (χ1n) is 7.89. The molecule has 0 saturated carbocycles. The highest BCUT2D eigenvalue weighted by atomic mass is 19.1. The SMILES string of the molecule is C[C@H](O)CN1CCN(C(=O)[C@@H](C)Cc2ccc(F)cc2)CC1. The van der Waals surface area contributed by atoms with Crippen LogP contribution in [0.3, 0.4) is 0 Å². The average molecular weight is 308 g/mol. The lowest BCUT2D eigenvalue weighted by atomic mass is 9.99. The van der Waals surface area contributed by atoms with Gasteiger partial charge in [-0.25, -0.2) is 4.39 Å². The zero-order chi connectivity index (χ0) is 16.1. The van der Waals surface area contributed by atoms with E-state index in [4.69, 9.17) is 0 Å². The number of nitrogens with zero attached hydrogens (tertiary/aromatic N) is 2. The molecule has 1 fully saturated rings. The van der Waals surface area contributed by atoms with Crippen LogP contribution in [-0.4, -0.2) is 59.6 Å². The van der Waals surface area contributed by atoms with Crippen molar-refractivity contribution in [1.29, 1.82) is 0 Å². The summed E-state index contributed by atoms with van der Waals surface area (Å²) in [5.74, 6) is -0.202. The van der Waals surface area contributed by atoms with E-state index >= 15 is 0 Å². The van der Waals surface area contributed by atoms with Gasteiger partial charge in [0.05, 0.1) is 6.10 Å². The van der Waals surface area contributed by atoms with Crippen molar-refractivity contribution in [3.63, 3.8) is 0 Å². The van der Waals surface area contributed by atoms with Gasteiger partial charge in [-0.1, -0.05) is 19.1 Å². The lowest BCUT2D eigenvalue weighted by molar-refractivity contribution is -0.136. The van der Waals surface area contributed by atoms with Gasteiger partial charge >= 0.3 is 0 Å². The van der Waals surface area contributed by atoms with Crippen LogP contribution in [0.2, 0.25) is 0 Å². The number of carbonyl (C=O) groups is 1. The number of amides is 1. The Balaban J connectivity index is 1.82. The first kappa shape index (κ1) is 16.9. The first-order valence-corrected chi connectivity index (χ1v) is 7.89. The topological polar surface area (TPSA) is 43.8 Å². The molecule has 5 heteroatoms. The molecule has 1 heterocycles. The Hall–Kier alpha value is -1.46. The molecule has 1 N–H and O–H groups in total. The molecule has 0 bridgehead atoms. The maximum absolute atomic E-state index is 12.9. The summed E-state index contributed by atoms with van der Waals surface area (Å²) >= 11 is 0. The molecule has 2 atom stereocenters. The second kappa shape index (κ2) is 7.70. The number of piperazine rings is 1. The van der Waals surface area contributed by atoms with Crippen molar-refractivity contribution in [1.82, 2.24) is 9.80 Å². The number of hydrogen-bond donors (Lipinski definition) is 1. The minimum absolute atomic E-state index is 0.103. The van der Waals surface area contributed by atoms with E-state index in [1.807, 2.05) is 11.8 Å². The highest BCUT2D eigenvalue weighted by Crippen LogP contribution is 2.14. The molecule has 1 aromatic rings. The molecule has 0 aromatic heterocycles. The molecule has 1 saturated heterocycles. The first-order chi connectivity index (χ1) is 10.5. The van der Waals surface area contributed by atoms with Crippen molar-refractivity contribution >= 4 is 5.91 Å². The summed E-state index contributed by atoms with van der Waals surface area (Å²) in [5.41, 5.74) is 0.981. The van der Waals surface area contributed by atoms with Crippen LogP contribution in [0.25, 0.3) is 0 Å². The van der Waals surface area contributed by atoms with E-state index in [0.29, 0.717) is 26.1 Å². The smallest absolute Gasteiger partial charge is 0.225 e. The molecule has 0 unspecified atom stereocenters. The van der Waals surface area contributed by atoms with Gasteiger partial charge in [-0.2, -0.15) is 0 Å². The van der Waals surface area contributed by atoms with Crippen molar-refractivity contribution in [3.8, 4) is 0 Å². The molecule has 1 aliphatic heterocycles. The third-order valence-corrected chi connectivity index (χ3v) is 4.08. The summed E-state index contributed by atoms with van der Waals surface area (Å²) in [4.78, 5) is 16.6. The number of halogens is 1. The summed E-state index contributed by atoms with van der Waals surface area (Å²) in [6, 6.07) is 6.34. The summed E-state index contributed by atoms with van der Waals surface area (Å²) in [6.45, 7) is 7.39. The van der Waals surface area contributed by atoms with Gasteiger partial charge in [0.25, 0.3) is 0 Å². The maximum Gasteiger partial charge on any atom is 0.225 e. The van der Waals surface area contributed by atoms with Crippen LogP contribution in [0.15, 0.2) is 24.3 Å². The molecule has 0 spiro atoms. The number of aliphatic hydroxyl groups is 1. The Morgan fingerprint density at radius 2 is 1.77 bits per heavy atom. The highest BCUT2D eigenvalue weighted by molar-refractivity contribution is 5.78. The number of rotatable bonds is 5. The van der Waals surface area contributed by atoms with Gasteiger partial charge in [0.1, 0.15) is 5.82 Å². The highest BCUT2D eigenvalue weighted by Gasteiger charge is 2.25. The van der Waals surface area contributed by atoms with E-state index in [0.717, 1.165) is 18.7 Å². The number of benzene rings is 1. The second-order valence-electron chi connectivity index (χ2n) is 6.21. The fraction of sp³-hybridized carbons (Fsp3) is 0.588. The summed E-state index contributed by atoms with van der Waals surface area (Å²) in [6.07, 6.45) is 0.298. The monoisotopic (exact) mass is 308 g/mol. The minimum atomic E-state index is -0.334. The Kier molecular flexibility index (Phi) is 5.91. The van der Waals surface area contributed by atoms with Gasteiger partial charge < -0.3 is 10.0 Å². The fourth-order valence-electron chi connectivity index (χ4n) is 2.90. The molecule has 1 amide bonds. The third kappa shape index (κ3) is 4.78. The van der Waals surface area contributed by atoms with Crippen LogP contribution in [-0.2, 0) is 11.2 Å². The largest absolute Gasteiger partial charge is 0.392 e. The number of hydrogen-bond acceptors (Lipinski definition) is 3.